The molecule has 1 heterocycles. The first-order valence-corrected chi connectivity index (χ1v) is 7.85. The first-order chi connectivity index (χ1) is 11.7. The maximum Gasteiger partial charge on any atom is 0.228 e. The lowest BCUT2D eigenvalue weighted by Gasteiger charge is -2.07. The van der Waals surface area contributed by atoms with Gasteiger partial charge >= 0.3 is 0 Å². The Labute approximate surface area is 143 Å². The fourth-order valence-electron chi connectivity index (χ4n) is 2.62. The van der Waals surface area contributed by atoms with Crippen molar-refractivity contribution in [3.05, 3.63) is 88.9 Å². The molecule has 3 aromatic carbocycles. The Morgan fingerprint density at radius 1 is 0.917 bits per heavy atom. The van der Waals surface area contributed by atoms with Crippen LogP contribution in [0.3, 0.4) is 0 Å². The van der Waals surface area contributed by atoms with E-state index in [4.69, 9.17) is 16.0 Å². The summed E-state index contributed by atoms with van der Waals surface area (Å²) in [5, 5.41) is 0.495. The molecule has 3 nitrogen and oxygen atoms in total. The average molecular weight is 334 g/mol. The van der Waals surface area contributed by atoms with Crippen LogP contribution in [0.25, 0.3) is 22.6 Å². The van der Waals surface area contributed by atoms with Crippen LogP contribution in [0.5, 0.6) is 0 Å². The third-order valence-corrected chi connectivity index (χ3v) is 4.02. The molecule has 4 rings (SSSR count). The van der Waals surface area contributed by atoms with E-state index in [0.717, 1.165) is 5.52 Å². The Morgan fingerprint density at radius 2 is 1.67 bits per heavy atom. The zero-order chi connectivity index (χ0) is 16.5. The molecular formula is C20H12ClNO2. The molecule has 0 saturated heterocycles. The summed E-state index contributed by atoms with van der Waals surface area (Å²) >= 11 is 6.11. The van der Waals surface area contributed by atoms with Gasteiger partial charge in [-0.1, -0.05) is 54.1 Å². The second-order valence-corrected chi connectivity index (χ2v) is 5.81. The van der Waals surface area contributed by atoms with E-state index in [1.807, 2.05) is 42.5 Å². The summed E-state index contributed by atoms with van der Waals surface area (Å²) in [6, 6.07) is 21.7. The standard InChI is InChI=1S/C20H12ClNO2/c21-14-10-11-15(20-22-17-8-4-5-9-18(17)24-20)16(12-14)19(23)13-6-2-1-3-7-13/h1-12H. The minimum Gasteiger partial charge on any atom is -0.436 e. The van der Waals surface area contributed by atoms with Crippen LogP contribution in [0, 0.1) is 0 Å². The maximum atomic E-state index is 12.9. The van der Waals surface area contributed by atoms with Crippen molar-refractivity contribution in [2.75, 3.05) is 0 Å². The normalized spacial score (nSPS) is 10.9. The molecule has 24 heavy (non-hydrogen) atoms. The van der Waals surface area contributed by atoms with E-state index < -0.39 is 0 Å². The van der Waals surface area contributed by atoms with Crippen LogP contribution >= 0.6 is 11.6 Å². The Balaban J connectivity index is 1.88. The molecule has 0 aliphatic rings. The number of oxazole rings is 1. The first kappa shape index (κ1) is 14.7. The van der Waals surface area contributed by atoms with Gasteiger partial charge in [0.05, 0.1) is 0 Å². The van der Waals surface area contributed by atoms with E-state index in [9.17, 15) is 4.79 Å². The minimum atomic E-state index is -0.115. The molecule has 1 aromatic heterocycles. The summed E-state index contributed by atoms with van der Waals surface area (Å²) in [4.78, 5) is 17.4. The average Bonchev–Trinajstić information content (AvgIpc) is 3.05. The molecule has 0 amide bonds. The van der Waals surface area contributed by atoms with E-state index >= 15 is 0 Å². The predicted molar refractivity (Wildman–Crippen MR) is 94.3 cm³/mol. The smallest absolute Gasteiger partial charge is 0.228 e. The van der Waals surface area contributed by atoms with Crippen molar-refractivity contribution in [1.29, 1.82) is 0 Å². The van der Waals surface area contributed by atoms with Crippen LogP contribution < -0.4 is 0 Å². The Kier molecular flexibility index (Phi) is 3.63. The highest BCUT2D eigenvalue weighted by Crippen LogP contribution is 2.30. The number of hydrogen-bond acceptors (Lipinski definition) is 3. The molecule has 0 spiro atoms. The number of hydrogen-bond donors (Lipinski definition) is 0. The highest BCUT2D eigenvalue weighted by Gasteiger charge is 2.19. The van der Waals surface area contributed by atoms with Gasteiger partial charge in [0.2, 0.25) is 5.89 Å². The van der Waals surface area contributed by atoms with Crippen LogP contribution in [0.4, 0.5) is 0 Å². The van der Waals surface area contributed by atoms with E-state index in [0.29, 0.717) is 33.2 Å². The molecule has 116 valence electrons. The van der Waals surface area contributed by atoms with Gasteiger partial charge < -0.3 is 4.42 Å². The van der Waals surface area contributed by atoms with Gasteiger partial charge in [0.25, 0.3) is 0 Å². The number of carbonyl (C=O) groups excluding carboxylic acids is 1. The summed E-state index contributed by atoms with van der Waals surface area (Å²) in [5.41, 5.74) is 3.13. The predicted octanol–water partition coefficient (Wildman–Crippen LogP) is 5.38. The largest absolute Gasteiger partial charge is 0.436 e. The number of halogens is 1. The van der Waals surface area contributed by atoms with Crippen molar-refractivity contribution in [3.8, 4) is 11.5 Å². The lowest BCUT2D eigenvalue weighted by atomic mass is 9.98. The fraction of sp³-hybridized carbons (Fsp3) is 0. The molecule has 0 unspecified atom stereocenters. The van der Waals surface area contributed by atoms with Gasteiger partial charge in [0, 0.05) is 21.7 Å². The lowest BCUT2D eigenvalue weighted by molar-refractivity contribution is 0.103. The third kappa shape index (κ3) is 2.59. The molecule has 0 radical (unpaired) electrons. The zero-order valence-electron chi connectivity index (χ0n) is 12.6. The van der Waals surface area contributed by atoms with Gasteiger partial charge in [0.1, 0.15) is 5.52 Å². The molecule has 0 atom stereocenters. The van der Waals surface area contributed by atoms with Crippen molar-refractivity contribution >= 4 is 28.5 Å². The van der Waals surface area contributed by atoms with Crippen LogP contribution in [0.1, 0.15) is 15.9 Å². The van der Waals surface area contributed by atoms with Crippen LogP contribution in [-0.4, -0.2) is 10.8 Å². The van der Waals surface area contributed by atoms with E-state index in [-0.39, 0.29) is 5.78 Å². The van der Waals surface area contributed by atoms with Gasteiger partial charge in [-0.3, -0.25) is 4.79 Å². The van der Waals surface area contributed by atoms with Crippen LogP contribution in [0.2, 0.25) is 5.02 Å². The zero-order valence-corrected chi connectivity index (χ0v) is 13.3. The van der Waals surface area contributed by atoms with E-state index in [1.54, 1.807) is 30.3 Å². The molecular weight excluding hydrogens is 322 g/mol. The number of rotatable bonds is 3. The Bertz CT molecular complexity index is 1000. The quantitative estimate of drug-likeness (QED) is 0.473. The molecule has 0 saturated carbocycles. The SMILES string of the molecule is O=C(c1ccccc1)c1cc(Cl)ccc1-c1nc2ccccc2o1. The van der Waals surface area contributed by atoms with Gasteiger partial charge in [-0.2, -0.15) is 0 Å². The third-order valence-electron chi connectivity index (χ3n) is 3.79. The van der Waals surface area contributed by atoms with Crippen molar-refractivity contribution in [2.24, 2.45) is 0 Å². The van der Waals surface area contributed by atoms with Gasteiger partial charge in [-0.05, 0) is 30.3 Å². The van der Waals surface area contributed by atoms with Crippen LogP contribution in [0.15, 0.2) is 77.2 Å². The molecule has 4 heteroatoms. The maximum absolute atomic E-state index is 12.9. The Morgan fingerprint density at radius 3 is 2.46 bits per heavy atom. The number of carbonyl (C=O) groups is 1. The number of nitrogens with zero attached hydrogens (tertiary/aromatic N) is 1. The first-order valence-electron chi connectivity index (χ1n) is 7.47. The number of benzene rings is 3. The summed E-state index contributed by atoms with van der Waals surface area (Å²) in [6.45, 7) is 0. The fourth-order valence-corrected chi connectivity index (χ4v) is 2.80. The molecule has 0 N–H and O–H groups in total. The summed E-state index contributed by atoms with van der Waals surface area (Å²) < 4.78 is 5.81. The highest BCUT2D eigenvalue weighted by molar-refractivity contribution is 6.31. The lowest BCUT2D eigenvalue weighted by Crippen LogP contribution is -2.03. The van der Waals surface area contributed by atoms with Crippen molar-refractivity contribution in [3.63, 3.8) is 0 Å². The molecule has 0 bridgehead atoms. The summed E-state index contributed by atoms with van der Waals surface area (Å²) in [7, 11) is 0. The van der Waals surface area contributed by atoms with Gasteiger partial charge in [0.15, 0.2) is 11.4 Å². The number of aromatic nitrogens is 1. The summed E-state index contributed by atoms with van der Waals surface area (Å²) in [5.74, 6) is 0.294. The molecule has 0 aliphatic heterocycles. The topological polar surface area (TPSA) is 43.1 Å². The van der Waals surface area contributed by atoms with Gasteiger partial charge in [-0.15, -0.1) is 0 Å². The second-order valence-electron chi connectivity index (χ2n) is 5.37. The van der Waals surface area contributed by atoms with Crippen molar-refractivity contribution < 1.29 is 9.21 Å². The number of ketones is 1. The monoisotopic (exact) mass is 333 g/mol. The minimum absolute atomic E-state index is 0.115. The number of fused-ring (bicyclic) bond motifs is 1. The Hall–Kier alpha value is -2.91. The van der Waals surface area contributed by atoms with Gasteiger partial charge in [-0.25, -0.2) is 4.98 Å². The van der Waals surface area contributed by atoms with E-state index in [1.165, 1.54) is 0 Å². The molecule has 4 aromatic rings. The highest BCUT2D eigenvalue weighted by atomic mass is 35.5. The van der Waals surface area contributed by atoms with Crippen LogP contribution in [-0.2, 0) is 0 Å². The van der Waals surface area contributed by atoms with Crippen molar-refractivity contribution in [1.82, 2.24) is 4.98 Å². The number of para-hydroxylation sites is 2. The summed E-state index contributed by atoms with van der Waals surface area (Å²) in [6.07, 6.45) is 0. The molecule has 0 fully saturated rings. The second kappa shape index (κ2) is 5.95. The van der Waals surface area contributed by atoms with E-state index in [2.05, 4.69) is 4.98 Å². The van der Waals surface area contributed by atoms with Crippen molar-refractivity contribution in [2.45, 2.75) is 0 Å². The molecule has 0 aliphatic carbocycles.